The number of benzene rings is 2. The molecule has 0 unspecified atom stereocenters. The van der Waals surface area contributed by atoms with E-state index in [2.05, 4.69) is 9.62 Å². The predicted octanol–water partition coefficient (Wildman–Crippen LogP) is 3.71. The molecular formula is C23H23N3O4S2. The molecule has 4 rings (SSSR count). The van der Waals surface area contributed by atoms with E-state index in [0.717, 1.165) is 17.0 Å². The van der Waals surface area contributed by atoms with Crippen LogP contribution in [0.15, 0.2) is 70.3 Å². The fourth-order valence-electron chi connectivity index (χ4n) is 3.56. The molecule has 1 aromatic heterocycles. The van der Waals surface area contributed by atoms with E-state index in [1.807, 2.05) is 24.3 Å². The number of nitrogens with zero attached hydrogens (tertiary/aromatic N) is 2. The maximum absolute atomic E-state index is 12.9. The second-order valence-electron chi connectivity index (χ2n) is 7.50. The molecule has 166 valence electrons. The zero-order valence-electron chi connectivity index (χ0n) is 17.5. The summed E-state index contributed by atoms with van der Waals surface area (Å²) in [4.78, 5) is 28.3. The van der Waals surface area contributed by atoms with Gasteiger partial charge in [-0.05, 0) is 66.9 Å². The lowest BCUT2D eigenvalue weighted by Gasteiger charge is -2.36. The molecule has 1 amide bonds. The van der Waals surface area contributed by atoms with Gasteiger partial charge in [-0.25, -0.2) is 8.42 Å². The van der Waals surface area contributed by atoms with Gasteiger partial charge in [0.05, 0.1) is 0 Å². The molecular weight excluding hydrogens is 446 g/mol. The van der Waals surface area contributed by atoms with Crippen molar-refractivity contribution in [1.29, 1.82) is 0 Å². The molecule has 3 aromatic rings. The average molecular weight is 470 g/mol. The SMILES string of the molecule is CC(=O)c1ccc(N2CCN(C(=O)c3ccc(NS(=O)(=O)c4cccs4)cc3)CC2)cc1. The number of nitrogens with one attached hydrogen (secondary N) is 1. The molecule has 32 heavy (non-hydrogen) atoms. The Kier molecular flexibility index (Phi) is 6.29. The summed E-state index contributed by atoms with van der Waals surface area (Å²) >= 11 is 1.15. The van der Waals surface area contributed by atoms with Crippen LogP contribution in [-0.4, -0.2) is 51.2 Å². The Morgan fingerprint density at radius 1 is 0.875 bits per heavy atom. The Labute approximate surface area is 191 Å². The lowest BCUT2D eigenvalue weighted by molar-refractivity contribution is 0.0746. The normalized spacial score (nSPS) is 14.3. The highest BCUT2D eigenvalue weighted by Gasteiger charge is 2.23. The number of carbonyl (C=O) groups excluding carboxylic acids is 2. The molecule has 0 saturated carbocycles. The van der Waals surface area contributed by atoms with Crippen molar-refractivity contribution in [2.45, 2.75) is 11.1 Å². The molecule has 9 heteroatoms. The van der Waals surface area contributed by atoms with Crippen molar-refractivity contribution >= 4 is 44.4 Å². The second kappa shape index (κ2) is 9.13. The minimum Gasteiger partial charge on any atom is -0.368 e. The van der Waals surface area contributed by atoms with Gasteiger partial charge in [0.2, 0.25) is 0 Å². The number of ketones is 1. The summed E-state index contributed by atoms with van der Waals surface area (Å²) in [6, 6.07) is 17.2. The molecule has 0 spiro atoms. The highest BCUT2D eigenvalue weighted by molar-refractivity contribution is 7.94. The number of carbonyl (C=O) groups is 2. The zero-order valence-corrected chi connectivity index (χ0v) is 19.2. The molecule has 1 saturated heterocycles. The topological polar surface area (TPSA) is 86.8 Å². The Morgan fingerprint density at radius 3 is 2.06 bits per heavy atom. The predicted molar refractivity (Wildman–Crippen MR) is 126 cm³/mol. The molecule has 1 aliphatic rings. The first-order chi connectivity index (χ1) is 15.3. The molecule has 2 aromatic carbocycles. The number of rotatable bonds is 6. The Bertz CT molecular complexity index is 1200. The number of sulfonamides is 1. The third-order valence-electron chi connectivity index (χ3n) is 5.35. The molecule has 1 aliphatic heterocycles. The van der Waals surface area contributed by atoms with Crippen LogP contribution in [0.5, 0.6) is 0 Å². The minimum absolute atomic E-state index is 0.0392. The fourth-order valence-corrected chi connectivity index (χ4v) is 5.61. The van der Waals surface area contributed by atoms with E-state index in [4.69, 9.17) is 0 Å². The van der Waals surface area contributed by atoms with Gasteiger partial charge in [0.1, 0.15) is 4.21 Å². The van der Waals surface area contributed by atoms with Gasteiger partial charge >= 0.3 is 0 Å². The molecule has 0 atom stereocenters. The first-order valence-electron chi connectivity index (χ1n) is 10.1. The number of hydrogen-bond donors (Lipinski definition) is 1. The quantitative estimate of drug-likeness (QED) is 0.556. The van der Waals surface area contributed by atoms with E-state index in [1.54, 1.807) is 53.6 Å². The molecule has 2 heterocycles. The maximum Gasteiger partial charge on any atom is 0.271 e. The Balaban J connectivity index is 1.35. The summed E-state index contributed by atoms with van der Waals surface area (Å²) in [5.74, 6) is -0.0402. The Hall–Kier alpha value is -3.17. The van der Waals surface area contributed by atoms with E-state index in [9.17, 15) is 18.0 Å². The number of thiophene rings is 1. The molecule has 1 N–H and O–H groups in total. The van der Waals surface area contributed by atoms with Crippen molar-refractivity contribution in [2.75, 3.05) is 35.8 Å². The van der Waals surface area contributed by atoms with Crippen LogP contribution in [0.2, 0.25) is 0 Å². The number of amides is 1. The molecule has 1 fully saturated rings. The summed E-state index contributed by atoms with van der Waals surface area (Å²) < 4.78 is 27.4. The van der Waals surface area contributed by atoms with Crippen molar-refractivity contribution in [3.63, 3.8) is 0 Å². The molecule has 7 nitrogen and oxygen atoms in total. The van der Waals surface area contributed by atoms with Crippen LogP contribution >= 0.6 is 11.3 Å². The van der Waals surface area contributed by atoms with E-state index < -0.39 is 10.0 Å². The average Bonchev–Trinajstić information content (AvgIpc) is 3.35. The van der Waals surface area contributed by atoms with Crippen molar-refractivity contribution in [3.05, 3.63) is 77.2 Å². The van der Waals surface area contributed by atoms with Crippen LogP contribution in [0.1, 0.15) is 27.6 Å². The third kappa shape index (κ3) is 4.84. The highest BCUT2D eigenvalue weighted by Crippen LogP contribution is 2.22. The number of anilines is 2. The van der Waals surface area contributed by atoms with Crippen molar-refractivity contribution in [3.8, 4) is 0 Å². The molecule has 0 aliphatic carbocycles. The summed E-state index contributed by atoms with van der Waals surface area (Å²) in [7, 11) is -3.61. The molecule has 0 radical (unpaired) electrons. The Morgan fingerprint density at radius 2 is 1.50 bits per heavy atom. The number of hydrogen-bond acceptors (Lipinski definition) is 6. The van der Waals surface area contributed by atoms with Gasteiger partial charge in [-0.1, -0.05) is 6.07 Å². The van der Waals surface area contributed by atoms with Gasteiger partial charge in [-0.15, -0.1) is 11.3 Å². The lowest BCUT2D eigenvalue weighted by Crippen LogP contribution is -2.48. The standard InChI is InChI=1S/C23H23N3O4S2/c1-17(27)18-6-10-21(11-7-18)25-12-14-26(15-13-25)23(28)19-4-8-20(9-5-19)24-32(29,30)22-3-2-16-31-22/h2-11,16,24H,12-15H2,1H3. The van der Waals surface area contributed by atoms with Crippen LogP contribution in [0.4, 0.5) is 11.4 Å². The summed E-state index contributed by atoms with van der Waals surface area (Å²) in [5.41, 5.74) is 2.64. The van der Waals surface area contributed by atoms with Crippen LogP contribution in [0, 0.1) is 0 Å². The van der Waals surface area contributed by atoms with E-state index >= 15 is 0 Å². The largest absolute Gasteiger partial charge is 0.368 e. The number of Topliss-reactive ketones (excluding diaryl/α,β-unsaturated/α-hetero) is 1. The van der Waals surface area contributed by atoms with Gasteiger partial charge in [0.25, 0.3) is 15.9 Å². The number of piperazine rings is 1. The van der Waals surface area contributed by atoms with Crippen molar-refractivity contribution in [2.24, 2.45) is 0 Å². The van der Waals surface area contributed by atoms with Crippen molar-refractivity contribution in [1.82, 2.24) is 4.90 Å². The lowest BCUT2D eigenvalue weighted by atomic mass is 10.1. The van der Waals surface area contributed by atoms with Gasteiger partial charge in [-0.2, -0.15) is 0 Å². The van der Waals surface area contributed by atoms with Gasteiger partial charge in [0.15, 0.2) is 5.78 Å². The van der Waals surface area contributed by atoms with Crippen LogP contribution < -0.4 is 9.62 Å². The zero-order chi connectivity index (χ0) is 22.7. The second-order valence-corrected chi connectivity index (χ2v) is 10.4. The van der Waals surface area contributed by atoms with Crippen LogP contribution in [-0.2, 0) is 10.0 Å². The van der Waals surface area contributed by atoms with E-state index in [-0.39, 0.29) is 15.9 Å². The highest BCUT2D eigenvalue weighted by atomic mass is 32.2. The maximum atomic E-state index is 12.9. The first-order valence-corrected chi connectivity index (χ1v) is 12.5. The minimum atomic E-state index is -3.61. The summed E-state index contributed by atoms with van der Waals surface area (Å²) in [6.45, 7) is 4.11. The smallest absolute Gasteiger partial charge is 0.271 e. The third-order valence-corrected chi connectivity index (χ3v) is 8.13. The fraction of sp³-hybridized carbons (Fsp3) is 0.217. The van der Waals surface area contributed by atoms with Gasteiger partial charge in [-0.3, -0.25) is 14.3 Å². The summed E-state index contributed by atoms with van der Waals surface area (Å²) in [6.07, 6.45) is 0. The van der Waals surface area contributed by atoms with Crippen LogP contribution in [0.25, 0.3) is 0 Å². The van der Waals surface area contributed by atoms with Gasteiger partial charge in [0, 0.05) is 48.7 Å². The van der Waals surface area contributed by atoms with Gasteiger partial charge < -0.3 is 9.80 Å². The molecule has 0 bridgehead atoms. The van der Waals surface area contributed by atoms with Crippen LogP contribution in [0.3, 0.4) is 0 Å². The van der Waals surface area contributed by atoms with E-state index in [1.165, 1.54) is 0 Å². The summed E-state index contributed by atoms with van der Waals surface area (Å²) in [5, 5.41) is 1.71. The van der Waals surface area contributed by atoms with E-state index in [0.29, 0.717) is 43.0 Å². The monoisotopic (exact) mass is 469 g/mol. The first kappa shape index (κ1) is 22.0. The van der Waals surface area contributed by atoms with Crippen molar-refractivity contribution < 1.29 is 18.0 Å².